The number of ether oxygens (including phenoxy) is 4. The molecule has 2 unspecified atom stereocenters. The number of aliphatic hydroxyl groups is 1. The molecule has 0 bridgehead atoms. The Hall–Kier alpha value is -1.94. The molecule has 0 radical (unpaired) electrons. The molecule has 0 aliphatic carbocycles. The van der Waals surface area contributed by atoms with Crippen LogP contribution in [0.15, 0.2) is 0 Å². The van der Waals surface area contributed by atoms with Gasteiger partial charge in [-0.15, -0.1) is 0 Å². The fraction of sp³-hybridized carbons (Fsp3) is 0.949. The van der Waals surface area contributed by atoms with Crippen LogP contribution in [-0.4, -0.2) is 96.7 Å². The minimum Gasteiger partial charge on any atom is -0.462 e. The van der Waals surface area contributed by atoms with Gasteiger partial charge in [0.05, 0.1) is 26.4 Å². The molecule has 0 aromatic rings. The molecule has 0 aliphatic rings. The van der Waals surface area contributed by atoms with Gasteiger partial charge in [0.15, 0.2) is 12.2 Å². The highest BCUT2D eigenvalue weighted by atomic mass is 31.2. The third-order valence-electron chi connectivity index (χ3n) is 18.6. The zero-order chi connectivity index (χ0) is 71.8. The summed E-state index contributed by atoms with van der Waals surface area (Å²) in [7, 11) is -9.91. The molecule has 98 heavy (non-hydrogen) atoms. The maximum atomic E-state index is 13.1. The summed E-state index contributed by atoms with van der Waals surface area (Å²) in [6.45, 7) is 4.99. The van der Waals surface area contributed by atoms with Crippen molar-refractivity contribution in [2.75, 3.05) is 39.6 Å². The topological polar surface area (TPSA) is 237 Å². The van der Waals surface area contributed by atoms with Crippen molar-refractivity contribution in [3.05, 3.63) is 0 Å². The van der Waals surface area contributed by atoms with Crippen LogP contribution in [0.4, 0.5) is 0 Å². The first kappa shape index (κ1) is 96.1. The normalized spacial score (nSPS) is 13.8. The van der Waals surface area contributed by atoms with Crippen LogP contribution in [0.3, 0.4) is 0 Å². The van der Waals surface area contributed by atoms with Crippen LogP contribution in [0.25, 0.3) is 0 Å². The Bertz CT molecular complexity index is 1860. The lowest BCUT2D eigenvalue weighted by Gasteiger charge is -2.21. The van der Waals surface area contributed by atoms with Gasteiger partial charge in [0, 0.05) is 25.7 Å². The number of hydrogen-bond donors (Lipinski definition) is 3. The van der Waals surface area contributed by atoms with E-state index in [9.17, 15) is 43.2 Å². The van der Waals surface area contributed by atoms with Crippen molar-refractivity contribution >= 4 is 39.5 Å². The van der Waals surface area contributed by atoms with Gasteiger partial charge in [0.25, 0.3) is 0 Å². The zero-order valence-electron chi connectivity index (χ0n) is 63.8. The molecule has 0 aromatic carbocycles. The first-order chi connectivity index (χ1) is 47.7. The van der Waals surface area contributed by atoms with Crippen LogP contribution in [0, 0.1) is 0 Å². The molecule has 0 aliphatic heterocycles. The van der Waals surface area contributed by atoms with Crippen LogP contribution in [0.2, 0.25) is 0 Å². The van der Waals surface area contributed by atoms with Gasteiger partial charge >= 0.3 is 39.5 Å². The summed E-state index contributed by atoms with van der Waals surface area (Å²) >= 11 is 0. The molecule has 3 N–H and O–H groups in total. The summed E-state index contributed by atoms with van der Waals surface area (Å²) < 4.78 is 68.6. The molecule has 0 amide bonds. The van der Waals surface area contributed by atoms with Gasteiger partial charge < -0.3 is 33.8 Å². The molecule has 0 fully saturated rings. The number of hydrogen-bond acceptors (Lipinski definition) is 15. The zero-order valence-corrected chi connectivity index (χ0v) is 65.6. The van der Waals surface area contributed by atoms with Gasteiger partial charge in [-0.25, -0.2) is 9.13 Å². The van der Waals surface area contributed by atoms with E-state index >= 15 is 0 Å². The average Bonchev–Trinajstić information content (AvgIpc) is 1.21. The average molecular weight is 1440 g/mol. The minimum absolute atomic E-state index is 0.108. The predicted molar refractivity (Wildman–Crippen MR) is 400 cm³/mol. The first-order valence-corrected chi connectivity index (χ1v) is 44.3. The second-order valence-electron chi connectivity index (χ2n) is 28.5. The van der Waals surface area contributed by atoms with E-state index in [0.29, 0.717) is 25.7 Å². The summed E-state index contributed by atoms with van der Waals surface area (Å²) in [5.74, 6) is -2.11. The number of carbonyl (C=O) groups is 4. The smallest absolute Gasteiger partial charge is 0.462 e. The molecule has 0 spiro atoms. The largest absolute Gasteiger partial charge is 0.472 e. The lowest BCUT2D eigenvalue weighted by Crippen LogP contribution is -2.30. The molecule has 19 heteroatoms. The molecule has 0 saturated carbocycles. The molecule has 0 saturated heterocycles. The Morgan fingerprint density at radius 3 is 0.602 bits per heavy atom. The molecule has 582 valence electrons. The van der Waals surface area contributed by atoms with Crippen LogP contribution in [-0.2, 0) is 65.4 Å². The number of aliphatic hydroxyl groups excluding tert-OH is 1. The monoisotopic (exact) mass is 1440 g/mol. The number of phosphoric acid groups is 2. The van der Waals surface area contributed by atoms with Gasteiger partial charge in [0.1, 0.15) is 19.3 Å². The Balaban J connectivity index is 5.19. The SMILES string of the molecule is CCCCCCCCCCCCCCCCCCCCCCCC(=O)O[C@H](COC(=O)CCCCCCCCCCCCCCCCCC)COP(=O)(O)OC[C@@H](O)COP(=O)(O)OC[C@@H](COC(=O)CCCCCCCCCCC)OC(=O)CCCCCCCCCCCCCC. The third-order valence-corrected chi connectivity index (χ3v) is 20.5. The lowest BCUT2D eigenvalue weighted by atomic mass is 10.0. The summed E-state index contributed by atoms with van der Waals surface area (Å²) in [5.41, 5.74) is 0. The predicted octanol–water partition coefficient (Wildman–Crippen LogP) is 23.8. The van der Waals surface area contributed by atoms with Crippen molar-refractivity contribution in [3.63, 3.8) is 0 Å². The maximum absolute atomic E-state index is 13.1. The minimum atomic E-state index is -4.96. The number of carbonyl (C=O) groups excluding carboxylic acids is 4. The number of esters is 4. The van der Waals surface area contributed by atoms with Gasteiger partial charge in [-0.2, -0.15) is 0 Å². The Kier molecular flexibility index (Phi) is 71.9. The van der Waals surface area contributed by atoms with E-state index in [0.717, 1.165) is 89.9 Å². The molecular formula is C79H154O17P2. The van der Waals surface area contributed by atoms with Crippen LogP contribution >= 0.6 is 15.6 Å². The van der Waals surface area contributed by atoms with Crippen molar-refractivity contribution in [2.24, 2.45) is 0 Å². The standard InChI is InChI=1S/C79H154O17P2/c1-5-9-13-17-21-25-28-31-33-35-36-37-38-39-41-43-46-50-54-58-62-66-79(84)96-75(70-90-77(82)64-60-56-52-48-45-42-40-34-32-29-26-22-18-14-10-6-2)72-94-98(87,88)92-68-73(80)67-91-97(85,86)93-71-74(69-89-76(81)63-59-55-51-47-24-20-16-12-8-4)95-78(83)65-61-57-53-49-44-30-27-23-19-15-11-7-3/h73-75,80H,5-72H2,1-4H3,(H,85,86)(H,87,88)/t73-,74+,75+/m0/s1. The molecule has 0 heterocycles. The molecule has 0 aromatic heterocycles. The number of unbranched alkanes of at least 4 members (excludes halogenated alkanes) is 54. The van der Waals surface area contributed by atoms with Crippen molar-refractivity contribution in [1.82, 2.24) is 0 Å². The summed E-state index contributed by atoms with van der Waals surface area (Å²) in [5, 5.41) is 10.6. The van der Waals surface area contributed by atoms with Gasteiger partial charge in [0.2, 0.25) is 0 Å². The molecule has 0 rings (SSSR count). The van der Waals surface area contributed by atoms with E-state index in [-0.39, 0.29) is 25.7 Å². The highest BCUT2D eigenvalue weighted by Gasteiger charge is 2.30. The van der Waals surface area contributed by atoms with Crippen LogP contribution < -0.4 is 0 Å². The van der Waals surface area contributed by atoms with E-state index in [2.05, 4.69) is 27.7 Å². The van der Waals surface area contributed by atoms with Gasteiger partial charge in [-0.05, 0) is 25.7 Å². The lowest BCUT2D eigenvalue weighted by molar-refractivity contribution is -0.161. The van der Waals surface area contributed by atoms with Crippen molar-refractivity contribution in [3.8, 4) is 0 Å². The summed E-state index contributed by atoms with van der Waals surface area (Å²) in [6.07, 6.45) is 65.2. The van der Waals surface area contributed by atoms with Crippen LogP contribution in [0.5, 0.6) is 0 Å². The van der Waals surface area contributed by atoms with E-state index < -0.39 is 97.5 Å². The highest BCUT2D eigenvalue weighted by molar-refractivity contribution is 7.47. The van der Waals surface area contributed by atoms with Gasteiger partial charge in [-0.1, -0.05) is 374 Å². The fourth-order valence-corrected chi connectivity index (χ4v) is 13.9. The fourth-order valence-electron chi connectivity index (χ4n) is 12.3. The van der Waals surface area contributed by atoms with Crippen molar-refractivity contribution < 1.29 is 80.2 Å². The first-order valence-electron chi connectivity index (χ1n) is 41.3. The van der Waals surface area contributed by atoms with E-state index in [1.165, 1.54) is 257 Å². The second-order valence-corrected chi connectivity index (χ2v) is 31.4. The Labute approximate surface area is 600 Å². The molecular weight excluding hydrogens is 1280 g/mol. The van der Waals surface area contributed by atoms with Crippen molar-refractivity contribution in [2.45, 2.75) is 444 Å². The summed E-state index contributed by atoms with van der Waals surface area (Å²) in [6, 6.07) is 0. The van der Waals surface area contributed by atoms with Gasteiger partial charge in [-0.3, -0.25) is 37.3 Å². The Morgan fingerprint density at radius 1 is 0.245 bits per heavy atom. The van der Waals surface area contributed by atoms with Crippen LogP contribution in [0.1, 0.15) is 426 Å². The number of rotatable bonds is 80. The van der Waals surface area contributed by atoms with Crippen molar-refractivity contribution in [1.29, 1.82) is 0 Å². The molecule has 17 nitrogen and oxygen atoms in total. The highest BCUT2D eigenvalue weighted by Crippen LogP contribution is 2.45. The number of phosphoric ester groups is 2. The van der Waals surface area contributed by atoms with E-state index in [1.54, 1.807) is 0 Å². The van der Waals surface area contributed by atoms with E-state index in [4.69, 9.17) is 37.0 Å². The maximum Gasteiger partial charge on any atom is 0.472 e. The third kappa shape index (κ3) is 72.4. The molecule has 5 atom stereocenters. The quantitative estimate of drug-likeness (QED) is 0.0222. The van der Waals surface area contributed by atoms with E-state index in [1.807, 2.05) is 0 Å². The second kappa shape index (κ2) is 73.4. The Morgan fingerprint density at radius 2 is 0.408 bits per heavy atom. The summed E-state index contributed by atoms with van der Waals surface area (Å²) in [4.78, 5) is 72.9.